The molecule has 98 valence electrons. The van der Waals surface area contributed by atoms with Gasteiger partial charge in [-0.2, -0.15) is 4.98 Å². The first-order chi connectivity index (χ1) is 8.78. The second-order valence-corrected chi connectivity index (χ2v) is 5.27. The fraction of sp³-hybridized carbons (Fsp3) is 0.692. The minimum atomic E-state index is 0.686. The number of hydrogen-bond acceptors (Lipinski definition) is 5. The number of fused-ring (bicyclic) bond motifs is 2. The summed E-state index contributed by atoms with van der Waals surface area (Å²) in [6, 6.07) is 3.47. The molecule has 2 aliphatic heterocycles. The molecule has 2 aliphatic rings. The van der Waals surface area contributed by atoms with E-state index in [-0.39, 0.29) is 0 Å². The molecule has 0 spiro atoms. The molecule has 0 amide bonds. The lowest BCUT2D eigenvalue weighted by atomic mass is 10.1. The lowest BCUT2D eigenvalue weighted by Gasteiger charge is -2.26. The largest absolute Gasteiger partial charge is 0.357 e. The van der Waals surface area contributed by atoms with Crippen LogP contribution < -0.4 is 10.2 Å². The van der Waals surface area contributed by atoms with E-state index in [0.29, 0.717) is 12.0 Å². The van der Waals surface area contributed by atoms with Crippen molar-refractivity contribution in [1.29, 1.82) is 0 Å². The van der Waals surface area contributed by atoms with Crippen LogP contribution in [0.2, 0.25) is 0 Å². The fourth-order valence-electron chi connectivity index (χ4n) is 3.16. The highest BCUT2D eigenvalue weighted by molar-refractivity contribution is 5.42. The van der Waals surface area contributed by atoms with Crippen molar-refractivity contribution in [1.82, 2.24) is 14.9 Å². The van der Waals surface area contributed by atoms with Crippen LogP contribution >= 0.6 is 0 Å². The topological polar surface area (TPSA) is 44.3 Å². The van der Waals surface area contributed by atoms with Crippen molar-refractivity contribution in [3.05, 3.63) is 12.3 Å². The predicted octanol–water partition coefficient (Wildman–Crippen LogP) is 1.19. The lowest BCUT2D eigenvalue weighted by molar-refractivity contribution is 0.254. The van der Waals surface area contributed by atoms with Crippen LogP contribution in [0.25, 0.3) is 0 Å². The van der Waals surface area contributed by atoms with Gasteiger partial charge in [-0.3, -0.25) is 4.90 Å². The minimum absolute atomic E-state index is 0.686. The second kappa shape index (κ2) is 4.72. The van der Waals surface area contributed by atoms with Crippen LogP contribution in [0.3, 0.4) is 0 Å². The molecule has 2 fully saturated rings. The fourth-order valence-corrected chi connectivity index (χ4v) is 3.16. The number of anilines is 2. The highest BCUT2D eigenvalue weighted by Crippen LogP contribution is 2.30. The maximum Gasteiger partial charge on any atom is 0.224 e. The Morgan fingerprint density at radius 3 is 2.94 bits per heavy atom. The van der Waals surface area contributed by atoms with Crippen molar-refractivity contribution in [3.63, 3.8) is 0 Å². The maximum atomic E-state index is 4.55. The monoisotopic (exact) mass is 247 g/mol. The Morgan fingerprint density at radius 1 is 1.28 bits per heavy atom. The number of nitrogens with zero attached hydrogens (tertiary/aromatic N) is 4. The molecule has 0 radical (unpaired) electrons. The lowest BCUT2D eigenvalue weighted by Crippen LogP contribution is -2.37. The number of nitrogens with one attached hydrogen (secondary N) is 1. The van der Waals surface area contributed by atoms with Crippen molar-refractivity contribution < 1.29 is 0 Å². The SMILES string of the molecule is CNc1nccc(N2CCC3CCC(C2)N3C)n1. The molecule has 5 nitrogen and oxygen atoms in total. The van der Waals surface area contributed by atoms with Gasteiger partial charge in [0.05, 0.1) is 0 Å². The van der Waals surface area contributed by atoms with Gasteiger partial charge in [-0.15, -0.1) is 0 Å². The molecule has 0 aliphatic carbocycles. The molecule has 1 N–H and O–H groups in total. The normalized spacial score (nSPS) is 28.2. The molecule has 2 saturated heterocycles. The van der Waals surface area contributed by atoms with E-state index < -0.39 is 0 Å². The van der Waals surface area contributed by atoms with Crippen LogP contribution in [0.5, 0.6) is 0 Å². The Hall–Kier alpha value is -1.36. The molecule has 18 heavy (non-hydrogen) atoms. The van der Waals surface area contributed by atoms with Crippen LogP contribution in [-0.2, 0) is 0 Å². The summed E-state index contributed by atoms with van der Waals surface area (Å²) in [5, 5.41) is 3.01. The first-order valence-electron chi connectivity index (χ1n) is 6.75. The van der Waals surface area contributed by atoms with E-state index >= 15 is 0 Å². The molecule has 2 atom stereocenters. The Morgan fingerprint density at radius 2 is 2.11 bits per heavy atom. The van der Waals surface area contributed by atoms with Crippen molar-refractivity contribution in [2.75, 3.05) is 37.4 Å². The van der Waals surface area contributed by atoms with Gasteiger partial charge in [-0.05, 0) is 32.4 Å². The zero-order chi connectivity index (χ0) is 12.5. The molecule has 0 aromatic carbocycles. The summed E-state index contributed by atoms with van der Waals surface area (Å²) in [5.41, 5.74) is 0. The van der Waals surface area contributed by atoms with Crippen LogP contribution in [0, 0.1) is 0 Å². The standard InChI is InChI=1S/C13H21N5/c1-14-13-15-7-5-12(16-13)18-8-6-10-3-4-11(9-18)17(10)2/h5,7,10-11H,3-4,6,8-9H2,1-2H3,(H,14,15,16). The molecular formula is C13H21N5. The molecule has 2 unspecified atom stereocenters. The van der Waals surface area contributed by atoms with E-state index in [9.17, 15) is 0 Å². The van der Waals surface area contributed by atoms with Gasteiger partial charge in [0.1, 0.15) is 5.82 Å². The highest BCUT2D eigenvalue weighted by Gasteiger charge is 2.34. The number of likely N-dealkylation sites (N-methyl/N-ethyl adjacent to an activating group) is 1. The van der Waals surface area contributed by atoms with Crippen LogP contribution in [0.1, 0.15) is 19.3 Å². The van der Waals surface area contributed by atoms with Gasteiger partial charge in [-0.25, -0.2) is 4.98 Å². The van der Waals surface area contributed by atoms with Gasteiger partial charge in [0.25, 0.3) is 0 Å². The molecule has 2 bridgehead atoms. The van der Waals surface area contributed by atoms with Crippen LogP contribution in [0.4, 0.5) is 11.8 Å². The molecule has 5 heteroatoms. The summed E-state index contributed by atoms with van der Waals surface area (Å²) in [6.07, 6.45) is 5.76. The molecule has 3 rings (SSSR count). The van der Waals surface area contributed by atoms with Crippen molar-refractivity contribution in [2.45, 2.75) is 31.3 Å². The second-order valence-electron chi connectivity index (χ2n) is 5.27. The molecule has 1 aromatic heterocycles. The van der Waals surface area contributed by atoms with Crippen LogP contribution in [0.15, 0.2) is 12.3 Å². The quantitative estimate of drug-likeness (QED) is 0.850. The molecular weight excluding hydrogens is 226 g/mol. The minimum Gasteiger partial charge on any atom is -0.357 e. The summed E-state index contributed by atoms with van der Waals surface area (Å²) in [5.74, 6) is 1.76. The van der Waals surface area contributed by atoms with E-state index in [1.165, 1.54) is 19.3 Å². The first kappa shape index (κ1) is 11.7. The first-order valence-corrected chi connectivity index (χ1v) is 6.75. The average molecular weight is 247 g/mol. The smallest absolute Gasteiger partial charge is 0.224 e. The highest BCUT2D eigenvalue weighted by atomic mass is 15.3. The summed E-state index contributed by atoms with van der Waals surface area (Å²) in [7, 11) is 4.13. The molecule has 1 aromatic rings. The van der Waals surface area contributed by atoms with Gasteiger partial charge in [0.2, 0.25) is 5.95 Å². The Bertz CT molecular complexity index is 422. The Balaban J connectivity index is 1.80. The third kappa shape index (κ3) is 2.03. The number of aromatic nitrogens is 2. The van der Waals surface area contributed by atoms with E-state index in [2.05, 4.69) is 32.1 Å². The van der Waals surface area contributed by atoms with Gasteiger partial charge in [-0.1, -0.05) is 0 Å². The summed E-state index contributed by atoms with van der Waals surface area (Å²) >= 11 is 0. The molecule has 0 saturated carbocycles. The summed E-state index contributed by atoms with van der Waals surface area (Å²) in [4.78, 5) is 13.7. The zero-order valence-electron chi connectivity index (χ0n) is 11.1. The Labute approximate surface area is 108 Å². The third-order valence-corrected chi connectivity index (χ3v) is 4.34. The molecule has 3 heterocycles. The number of rotatable bonds is 2. The third-order valence-electron chi connectivity index (χ3n) is 4.34. The summed E-state index contributed by atoms with van der Waals surface area (Å²) < 4.78 is 0. The Kier molecular flexibility index (Phi) is 3.07. The average Bonchev–Trinajstić information content (AvgIpc) is 2.63. The predicted molar refractivity (Wildman–Crippen MR) is 73.0 cm³/mol. The van der Waals surface area contributed by atoms with Crippen molar-refractivity contribution >= 4 is 11.8 Å². The van der Waals surface area contributed by atoms with Gasteiger partial charge in [0.15, 0.2) is 0 Å². The van der Waals surface area contributed by atoms with E-state index in [1.54, 1.807) is 0 Å². The zero-order valence-corrected chi connectivity index (χ0v) is 11.1. The maximum absolute atomic E-state index is 4.55. The number of hydrogen-bond donors (Lipinski definition) is 1. The van der Waals surface area contributed by atoms with E-state index in [1.807, 2.05) is 19.3 Å². The van der Waals surface area contributed by atoms with Gasteiger partial charge in [0, 0.05) is 38.4 Å². The van der Waals surface area contributed by atoms with Crippen molar-refractivity contribution in [2.24, 2.45) is 0 Å². The van der Waals surface area contributed by atoms with Gasteiger partial charge >= 0.3 is 0 Å². The van der Waals surface area contributed by atoms with Crippen LogP contribution in [-0.4, -0.2) is 54.1 Å². The van der Waals surface area contributed by atoms with Gasteiger partial charge < -0.3 is 10.2 Å². The summed E-state index contributed by atoms with van der Waals surface area (Å²) in [6.45, 7) is 2.19. The van der Waals surface area contributed by atoms with E-state index in [0.717, 1.165) is 24.9 Å². The van der Waals surface area contributed by atoms with E-state index in [4.69, 9.17) is 0 Å². The van der Waals surface area contributed by atoms with Crippen molar-refractivity contribution in [3.8, 4) is 0 Å².